The summed E-state index contributed by atoms with van der Waals surface area (Å²) in [5.74, 6) is 0. The Labute approximate surface area is 87.1 Å². The van der Waals surface area contributed by atoms with E-state index in [-0.39, 0.29) is 5.69 Å². The lowest BCUT2D eigenvalue weighted by Crippen LogP contribution is -2.29. The van der Waals surface area contributed by atoms with Crippen LogP contribution in [0.25, 0.3) is 11.0 Å². The number of hydrogen-bond acceptors (Lipinski definition) is 2. The van der Waals surface area contributed by atoms with E-state index in [0.29, 0.717) is 0 Å². The fourth-order valence-corrected chi connectivity index (χ4v) is 2.44. The second kappa shape index (κ2) is 2.89. The summed E-state index contributed by atoms with van der Waals surface area (Å²) in [5, 5.41) is 0. The van der Waals surface area contributed by atoms with Crippen LogP contribution in [0, 0.1) is 0 Å². The number of benzene rings is 1. The van der Waals surface area contributed by atoms with Gasteiger partial charge in [0.05, 0.1) is 11.0 Å². The molecular weight excluding hydrogens is 190 g/mol. The van der Waals surface area contributed by atoms with Gasteiger partial charge in [0.25, 0.3) is 0 Å². The molecule has 15 heavy (non-hydrogen) atoms. The second-order valence-electron chi connectivity index (χ2n) is 3.88. The summed E-state index contributed by atoms with van der Waals surface area (Å²) in [4.78, 5) is 12.0. The number of para-hydroxylation sites is 1. The fourth-order valence-electron chi connectivity index (χ4n) is 2.44. The molecule has 1 aromatic heterocycles. The molecule has 2 aromatic rings. The maximum absolute atomic E-state index is 12.0. The van der Waals surface area contributed by atoms with Crippen molar-refractivity contribution in [2.24, 2.45) is 0 Å². The van der Waals surface area contributed by atoms with Gasteiger partial charge in [-0.05, 0) is 24.5 Å². The van der Waals surface area contributed by atoms with Crippen molar-refractivity contribution in [1.29, 1.82) is 0 Å². The largest absolute Gasteiger partial charge is 0.347 e. The highest BCUT2D eigenvalue weighted by atomic mass is 16.2. The van der Waals surface area contributed by atoms with Crippen LogP contribution in [0.4, 0.5) is 0 Å². The predicted octanol–water partition coefficient (Wildman–Crippen LogP) is 0.922. The first kappa shape index (κ1) is 8.59. The Morgan fingerprint density at radius 1 is 1.40 bits per heavy atom. The average Bonchev–Trinajstić information content (AvgIpc) is 2.55. The van der Waals surface area contributed by atoms with Gasteiger partial charge in [-0.2, -0.15) is 0 Å². The van der Waals surface area contributed by atoms with Crippen LogP contribution in [0.3, 0.4) is 0 Å². The number of rotatable bonds is 1. The minimum absolute atomic E-state index is 0.0413. The molecule has 0 fully saturated rings. The van der Waals surface area contributed by atoms with Gasteiger partial charge in [-0.15, -0.1) is 0 Å². The molecule has 0 aliphatic carbocycles. The van der Waals surface area contributed by atoms with Crippen molar-refractivity contribution in [2.75, 3.05) is 12.5 Å². The lowest BCUT2D eigenvalue weighted by Gasteiger charge is -2.12. The van der Waals surface area contributed by atoms with Crippen LogP contribution < -0.4 is 11.1 Å². The number of nitrogens with one attached hydrogen (secondary N) is 1. The molecule has 0 atom stereocenters. The summed E-state index contributed by atoms with van der Waals surface area (Å²) < 4.78 is 3.48. The van der Waals surface area contributed by atoms with Gasteiger partial charge in [0.2, 0.25) is 0 Å². The Kier molecular flexibility index (Phi) is 1.65. The number of aryl methyl sites for hydroxylation is 2. The third kappa shape index (κ3) is 0.988. The molecule has 0 saturated heterocycles. The quantitative estimate of drug-likeness (QED) is 0.748. The molecule has 4 nitrogen and oxygen atoms in total. The molecule has 1 aliphatic heterocycles. The fraction of sp³-hybridized carbons (Fsp3) is 0.364. The van der Waals surface area contributed by atoms with E-state index >= 15 is 0 Å². The highest BCUT2D eigenvalue weighted by Crippen LogP contribution is 2.22. The molecule has 0 saturated carbocycles. The van der Waals surface area contributed by atoms with Crippen molar-refractivity contribution < 1.29 is 0 Å². The van der Waals surface area contributed by atoms with Crippen LogP contribution in [0.2, 0.25) is 0 Å². The van der Waals surface area contributed by atoms with Gasteiger partial charge < -0.3 is 5.43 Å². The van der Waals surface area contributed by atoms with E-state index in [2.05, 4.69) is 11.5 Å². The third-order valence-corrected chi connectivity index (χ3v) is 3.08. The summed E-state index contributed by atoms with van der Waals surface area (Å²) in [6.45, 7) is 0.834. The lowest BCUT2D eigenvalue weighted by molar-refractivity contribution is 0.604. The molecular formula is C11H13N3O. The van der Waals surface area contributed by atoms with Crippen LogP contribution in [-0.4, -0.2) is 16.3 Å². The molecule has 3 rings (SSSR count). The average molecular weight is 203 g/mol. The lowest BCUT2D eigenvalue weighted by atomic mass is 10.1. The molecule has 0 radical (unpaired) electrons. The van der Waals surface area contributed by atoms with E-state index in [9.17, 15) is 4.79 Å². The van der Waals surface area contributed by atoms with Gasteiger partial charge in [-0.3, -0.25) is 4.57 Å². The summed E-state index contributed by atoms with van der Waals surface area (Å²) in [6.07, 6.45) is 2.13. The Hall–Kier alpha value is -1.71. The van der Waals surface area contributed by atoms with Crippen molar-refractivity contribution >= 4 is 11.0 Å². The maximum Gasteiger partial charge on any atom is 0.347 e. The van der Waals surface area contributed by atoms with Crippen molar-refractivity contribution in [3.63, 3.8) is 0 Å². The minimum Gasteiger partial charge on any atom is -0.324 e. The van der Waals surface area contributed by atoms with E-state index in [1.165, 1.54) is 5.56 Å². The molecule has 0 unspecified atom stereocenters. The Morgan fingerprint density at radius 2 is 2.27 bits per heavy atom. The molecule has 1 aromatic carbocycles. The topological polar surface area (TPSA) is 39.0 Å². The Balaban J connectivity index is 2.54. The second-order valence-corrected chi connectivity index (χ2v) is 3.88. The van der Waals surface area contributed by atoms with Crippen molar-refractivity contribution in [1.82, 2.24) is 9.24 Å². The zero-order valence-corrected chi connectivity index (χ0v) is 8.66. The molecule has 0 amide bonds. The van der Waals surface area contributed by atoms with Crippen molar-refractivity contribution in [2.45, 2.75) is 19.4 Å². The monoisotopic (exact) mass is 203 g/mol. The van der Waals surface area contributed by atoms with E-state index in [1.54, 1.807) is 11.7 Å². The highest BCUT2D eigenvalue weighted by molar-refractivity contribution is 5.80. The summed E-state index contributed by atoms with van der Waals surface area (Å²) >= 11 is 0. The first-order chi connectivity index (χ1) is 7.33. The summed E-state index contributed by atoms with van der Waals surface area (Å²) in [7, 11) is 1.77. The number of hydrogen-bond donors (Lipinski definition) is 1. The van der Waals surface area contributed by atoms with E-state index < -0.39 is 0 Å². The standard InChI is InChI=1S/C11H13N3O/c1-12-14-9-6-2-4-8-5-3-7-13(10(8)9)11(14)15/h2,4,6,12H,3,5,7H2,1H3. The molecule has 4 heteroatoms. The van der Waals surface area contributed by atoms with E-state index in [4.69, 9.17) is 0 Å². The van der Waals surface area contributed by atoms with Crippen LogP contribution >= 0.6 is 0 Å². The van der Waals surface area contributed by atoms with Crippen molar-refractivity contribution in [3.8, 4) is 0 Å². The molecule has 0 bridgehead atoms. The zero-order valence-electron chi connectivity index (χ0n) is 8.66. The van der Waals surface area contributed by atoms with Gasteiger partial charge >= 0.3 is 5.69 Å². The van der Waals surface area contributed by atoms with Crippen LogP contribution in [0.1, 0.15) is 12.0 Å². The first-order valence-corrected chi connectivity index (χ1v) is 5.24. The van der Waals surface area contributed by atoms with Crippen LogP contribution in [0.5, 0.6) is 0 Å². The predicted molar refractivity (Wildman–Crippen MR) is 59.8 cm³/mol. The number of aromatic nitrogens is 2. The molecule has 78 valence electrons. The number of imidazole rings is 1. The van der Waals surface area contributed by atoms with Crippen LogP contribution in [0.15, 0.2) is 23.0 Å². The highest BCUT2D eigenvalue weighted by Gasteiger charge is 2.18. The Bertz CT molecular complexity index is 579. The summed E-state index contributed by atoms with van der Waals surface area (Å²) in [6, 6.07) is 6.11. The van der Waals surface area contributed by atoms with Gasteiger partial charge in [0.15, 0.2) is 0 Å². The van der Waals surface area contributed by atoms with E-state index in [1.807, 2.05) is 16.7 Å². The van der Waals surface area contributed by atoms with Crippen LogP contribution in [-0.2, 0) is 13.0 Å². The molecule has 0 spiro atoms. The smallest absolute Gasteiger partial charge is 0.324 e. The zero-order chi connectivity index (χ0) is 10.4. The molecule has 1 aliphatic rings. The normalized spacial score (nSPS) is 14.5. The summed E-state index contributed by atoms with van der Waals surface area (Å²) in [5.41, 5.74) is 6.34. The number of nitrogens with zero attached hydrogens (tertiary/aromatic N) is 2. The first-order valence-electron chi connectivity index (χ1n) is 5.24. The molecule has 1 N–H and O–H groups in total. The van der Waals surface area contributed by atoms with E-state index in [0.717, 1.165) is 30.4 Å². The van der Waals surface area contributed by atoms with Gasteiger partial charge in [-0.25, -0.2) is 9.47 Å². The van der Waals surface area contributed by atoms with Gasteiger partial charge in [0, 0.05) is 13.6 Å². The SMILES string of the molecule is CNn1c(=O)n2c3c(cccc31)CCC2. The van der Waals surface area contributed by atoms with Gasteiger partial charge in [0.1, 0.15) is 0 Å². The third-order valence-electron chi connectivity index (χ3n) is 3.08. The Morgan fingerprint density at radius 3 is 3.07 bits per heavy atom. The minimum atomic E-state index is 0.0413. The maximum atomic E-state index is 12.0. The van der Waals surface area contributed by atoms with Gasteiger partial charge in [-0.1, -0.05) is 12.1 Å². The molecule has 2 heterocycles. The van der Waals surface area contributed by atoms with Crippen molar-refractivity contribution in [3.05, 3.63) is 34.2 Å².